The fraction of sp³-hybridized carbons (Fsp3) is 0.647. The predicted molar refractivity (Wildman–Crippen MR) is 78.8 cm³/mol. The summed E-state index contributed by atoms with van der Waals surface area (Å²) in [7, 11) is 0. The smallest absolute Gasteiger partial charge is 0.0639 e. The summed E-state index contributed by atoms with van der Waals surface area (Å²) in [5.74, 6) is 0.584. The molecule has 0 radical (unpaired) electrons. The highest BCUT2D eigenvalue weighted by molar-refractivity contribution is 5.26. The van der Waals surface area contributed by atoms with Gasteiger partial charge in [-0.05, 0) is 30.7 Å². The maximum Gasteiger partial charge on any atom is 0.0639 e. The van der Waals surface area contributed by atoms with Crippen molar-refractivity contribution in [2.24, 2.45) is 5.92 Å². The summed E-state index contributed by atoms with van der Waals surface area (Å²) in [5, 5.41) is 10.7. The molecule has 0 saturated carbocycles. The Morgan fingerprint density at radius 3 is 2.06 bits per heavy atom. The first-order valence-electron chi connectivity index (χ1n) is 7.34. The fourth-order valence-corrected chi connectivity index (χ4v) is 2.87. The summed E-state index contributed by atoms with van der Waals surface area (Å²) in [6.07, 6.45) is 3.77. The van der Waals surface area contributed by atoms with Crippen LogP contribution in [-0.2, 0) is 5.41 Å². The van der Waals surface area contributed by atoms with Crippen molar-refractivity contribution in [3.8, 4) is 0 Å². The van der Waals surface area contributed by atoms with E-state index in [4.69, 9.17) is 0 Å². The van der Waals surface area contributed by atoms with E-state index in [1.165, 1.54) is 5.56 Å². The summed E-state index contributed by atoms with van der Waals surface area (Å²) < 4.78 is 0. The fourth-order valence-electron chi connectivity index (χ4n) is 2.87. The lowest BCUT2D eigenvalue weighted by molar-refractivity contribution is 0.0524. The van der Waals surface area contributed by atoms with Crippen LogP contribution in [0.1, 0.15) is 58.9 Å². The van der Waals surface area contributed by atoms with Gasteiger partial charge in [0, 0.05) is 5.41 Å². The van der Waals surface area contributed by atoms with Crippen LogP contribution in [0.3, 0.4) is 0 Å². The van der Waals surface area contributed by atoms with Crippen LogP contribution < -0.4 is 0 Å². The van der Waals surface area contributed by atoms with Crippen molar-refractivity contribution >= 4 is 0 Å². The van der Waals surface area contributed by atoms with Crippen LogP contribution in [0.2, 0.25) is 0 Å². The van der Waals surface area contributed by atoms with E-state index in [1.807, 2.05) is 6.07 Å². The van der Waals surface area contributed by atoms with Crippen molar-refractivity contribution in [3.05, 3.63) is 35.9 Å². The summed E-state index contributed by atoms with van der Waals surface area (Å²) in [6, 6.07) is 10.5. The summed E-state index contributed by atoms with van der Waals surface area (Å²) in [6.45, 7) is 8.80. The van der Waals surface area contributed by atoms with Crippen LogP contribution in [0.4, 0.5) is 0 Å². The number of hydrogen-bond acceptors (Lipinski definition) is 1. The van der Waals surface area contributed by atoms with Gasteiger partial charge in [-0.15, -0.1) is 0 Å². The Kier molecular flexibility index (Phi) is 5.87. The van der Waals surface area contributed by atoms with Crippen LogP contribution in [0.5, 0.6) is 0 Å². The van der Waals surface area contributed by atoms with Crippen LogP contribution in [0, 0.1) is 5.92 Å². The van der Waals surface area contributed by atoms with Crippen molar-refractivity contribution in [1.82, 2.24) is 0 Å². The van der Waals surface area contributed by atoms with Crippen LogP contribution in [0.25, 0.3) is 0 Å². The minimum Gasteiger partial charge on any atom is -0.392 e. The predicted octanol–water partition coefficient (Wildman–Crippen LogP) is 4.54. The number of rotatable bonds is 7. The third kappa shape index (κ3) is 3.14. The lowest BCUT2D eigenvalue weighted by Gasteiger charge is -2.38. The van der Waals surface area contributed by atoms with Gasteiger partial charge in [0.2, 0.25) is 0 Å². The second-order valence-corrected chi connectivity index (χ2v) is 5.49. The molecule has 2 unspecified atom stereocenters. The molecule has 1 rings (SSSR count). The molecule has 0 aliphatic carbocycles. The van der Waals surface area contributed by atoms with Gasteiger partial charge in [0.05, 0.1) is 6.10 Å². The Morgan fingerprint density at radius 1 is 1.06 bits per heavy atom. The monoisotopic (exact) mass is 248 g/mol. The average molecular weight is 248 g/mol. The van der Waals surface area contributed by atoms with Gasteiger partial charge in [0.15, 0.2) is 0 Å². The molecule has 0 aromatic heterocycles. The normalized spacial score (nSPS) is 15.4. The molecule has 1 heteroatoms. The molecule has 0 amide bonds. The molecule has 0 aliphatic heterocycles. The third-order valence-corrected chi connectivity index (χ3v) is 4.57. The van der Waals surface area contributed by atoms with E-state index in [-0.39, 0.29) is 11.5 Å². The van der Waals surface area contributed by atoms with E-state index in [0.29, 0.717) is 5.92 Å². The van der Waals surface area contributed by atoms with Gasteiger partial charge in [-0.2, -0.15) is 0 Å². The maximum atomic E-state index is 10.7. The van der Waals surface area contributed by atoms with Gasteiger partial charge in [0.25, 0.3) is 0 Å². The van der Waals surface area contributed by atoms with E-state index in [2.05, 4.69) is 52.0 Å². The Balaban J connectivity index is 3.00. The molecule has 0 saturated heterocycles. The van der Waals surface area contributed by atoms with Crippen molar-refractivity contribution in [2.45, 2.75) is 64.9 Å². The van der Waals surface area contributed by atoms with E-state index in [9.17, 15) is 5.11 Å². The van der Waals surface area contributed by atoms with Gasteiger partial charge in [-0.1, -0.05) is 64.4 Å². The molecular weight excluding hydrogens is 220 g/mol. The molecular formula is C17H28O. The maximum absolute atomic E-state index is 10.7. The zero-order chi connectivity index (χ0) is 13.6. The number of aliphatic hydroxyl groups excluding tert-OH is 1. The molecule has 0 spiro atoms. The second-order valence-electron chi connectivity index (χ2n) is 5.49. The lowest BCUT2D eigenvalue weighted by Crippen LogP contribution is -2.39. The Morgan fingerprint density at radius 2 is 1.61 bits per heavy atom. The largest absolute Gasteiger partial charge is 0.392 e. The van der Waals surface area contributed by atoms with Crippen LogP contribution in [-0.4, -0.2) is 11.2 Å². The molecule has 0 heterocycles. The van der Waals surface area contributed by atoms with Crippen molar-refractivity contribution in [2.75, 3.05) is 0 Å². The van der Waals surface area contributed by atoms with Crippen LogP contribution >= 0.6 is 0 Å². The Hall–Kier alpha value is -0.820. The zero-order valence-corrected chi connectivity index (χ0v) is 12.3. The second kappa shape index (κ2) is 6.94. The standard InChI is InChI=1S/C17H28O/c1-5-14(4)13-16(18)17(6-2,7-3)15-11-9-8-10-12-15/h8-12,14,16,18H,5-7,13H2,1-4H3. The number of aliphatic hydroxyl groups is 1. The number of hydrogen-bond donors (Lipinski definition) is 1. The SMILES string of the molecule is CCC(C)CC(O)C(CC)(CC)c1ccccc1. The summed E-state index contributed by atoms with van der Waals surface area (Å²) in [4.78, 5) is 0. The first-order chi connectivity index (χ1) is 8.60. The highest BCUT2D eigenvalue weighted by Gasteiger charge is 2.36. The molecule has 18 heavy (non-hydrogen) atoms. The van der Waals surface area contributed by atoms with Crippen molar-refractivity contribution < 1.29 is 5.11 Å². The van der Waals surface area contributed by atoms with Gasteiger partial charge in [-0.25, -0.2) is 0 Å². The Bertz CT molecular complexity index is 327. The van der Waals surface area contributed by atoms with Crippen molar-refractivity contribution in [1.29, 1.82) is 0 Å². The van der Waals surface area contributed by atoms with E-state index in [0.717, 1.165) is 25.7 Å². The highest BCUT2D eigenvalue weighted by Crippen LogP contribution is 2.37. The minimum absolute atomic E-state index is 0.0787. The molecule has 102 valence electrons. The zero-order valence-electron chi connectivity index (χ0n) is 12.3. The summed E-state index contributed by atoms with van der Waals surface area (Å²) >= 11 is 0. The van der Waals surface area contributed by atoms with Gasteiger partial charge < -0.3 is 5.11 Å². The first-order valence-corrected chi connectivity index (χ1v) is 7.34. The van der Waals surface area contributed by atoms with Crippen molar-refractivity contribution in [3.63, 3.8) is 0 Å². The minimum atomic E-state index is -0.246. The lowest BCUT2D eigenvalue weighted by atomic mass is 9.69. The van der Waals surface area contributed by atoms with Gasteiger partial charge >= 0.3 is 0 Å². The molecule has 0 bridgehead atoms. The molecule has 1 N–H and O–H groups in total. The van der Waals surface area contributed by atoms with E-state index >= 15 is 0 Å². The molecule has 1 nitrogen and oxygen atoms in total. The average Bonchev–Trinajstić information content (AvgIpc) is 2.42. The van der Waals surface area contributed by atoms with Gasteiger partial charge in [0.1, 0.15) is 0 Å². The van der Waals surface area contributed by atoms with Crippen LogP contribution in [0.15, 0.2) is 30.3 Å². The van der Waals surface area contributed by atoms with E-state index in [1.54, 1.807) is 0 Å². The van der Waals surface area contributed by atoms with E-state index < -0.39 is 0 Å². The first kappa shape index (κ1) is 15.2. The topological polar surface area (TPSA) is 20.2 Å². The molecule has 0 fully saturated rings. The molecule has 1 aromatic carbocycles. The number of benzene rings is 1. The highest BCUT2D eigenvalue weighted by atomic mass is 16.3. The molecule has 1 aromatic rings. The molecule has 2 atom stereocenters. The summed E-state index contributed by atoms with van der Waals surface area (Å²) in [5.41, 5.74) is 1.20. The van der Waals surface area contributed by atoms with Gasteiger partial charge in [-0.3, -0.25) is 0 Å². The third-order valence-electron chi connectivity index (χ3n) is 4.57. The molecule has 0 aliphatic rings. The Labute approximate surface area is 112 Å². The quantitative estimate of drug-likeness (QED) is 0.751.